The molecule has 0 aliphatic heterocycles. The molecule has 0 fully saturated rings. The van der Waals surface area contributed by atoms with Gasteiger partial charge in [0, 0.05) is 47.6 Å². The molecule has 9 aromatic carbocycles. The molecule has 0 aromatic heterocycles. The quantitative estimate of drug-likeness (QED) is 0.142. The van der Waals surface area contributed by atoms with E-state index in [0.29, 0.717) is 0 Å². The van der Waals surface area contributed by atoms with Gasteiger partial charge in [-0.1, -0.05) is 281 Å². The minimum absolute atomic E-state index is 0.0401. The highest BCUT2D eigenvalue weighted by Crippen LogP contribution is 2.50. The van der Waals surface area contributed by atoms with Crippen molar-refractivity contribution in [3.8, 4) is 0 Å². The number of hydrogen-bond donors (Lipinski definition) is 0. The molecular weight excluding hydrogens is 1130 g/mol. The molecule has 3 heteroatoms. The van der Waals surface area contributed by atoms with Gasteiger partial charge in [0.1, 0.15) is 0 Å². The fraction of sp³-hybridized carbons (Fsp3) is 0.224. The van der Waals surface area contributed by atoms with E-state index >= 15 is 0 Å². The van der Waals surface area contributed by atoms with Crippen molar-refractivity contribution in [1.82, 2.24) is 0 Å². The van der Waals surface area contributed by atoms with Crippen LogP contribution in [0.3, 0.4) is 0 Å². The SMILES string of the molecule is CC1(C)c2ccc(Cl)cc2C=Cc2cc3c(cc21)C=Cc1ccc(Cl)cc1C3(C)C.CC1(C)c2ccccc2C=Cc2cc3c(cc21)C=Cc1ccccc1C3(C)C.Cc1ccc2c(c1)C(C)(C)c1cc3c(cc1C=C2)C(C)(C)c1ccc(Cl)cc1C=C3. The summed E-state index contributed by atoms with van der Waals surface area (Å²) in [5.74, 6) is 0. The summed E-state index contributed by atoms with van der Waals surface area (Å²) in [4.78, 5) is 0. The standard InChI is InChI=1S/C29H27Cl.C28H24Cl2.C28H26/c1-18-6-7-19-8-9-21-16-26-22(17-27(21)29(4,5)25(19)14-18)11-10-20-15-23(30)12-13-24(20)28(26,2)3;1-27(2)23-12-11-21(29)13-18(23)7-8-20-15-25-19(14-24(20)27)6-5-17-9-10-22(30)16-26(17)28(25,3)4;1-27(2)23-11-7-5-9-19(23)13-15-21-18-26-22(17-25(21)27)16-14-20-10-6-8-12-24(20)28(26,3)4/h6-17H,1-5H3;5-16H,1-4H3;5-18H,1-4H3. The van der Waals surface area contributed by atoms with Gasteiger partial charge < -0.3 is 0 Å². The van der Waals surface area contributed by atoms with Crippen molar-refractivity contribution in [1.29, 1.82) is 0 Å². The first-order valence-corrected chi connectivity index (χ1v) is 32.2. The predicted octanol–water partition coefficient (Wildman–Crippen LogP) is 24.2. The third-order valence-electron chi connectivity index (χ3n) is 20.6. The second-order valence-electron chi connectivity index (χ2n) is 28.3. The molecule has 0 saturated carbocycles. The molecule has 0 spiro atoms. The molecule has 0 saturated heterocycles. The molecule has 0 atom stereocenters. The van der Waals surface area contributed by atoms with E-state index in [-0.39, 0.29) is 32.5 Å². The lowest BCUT2D eigenvalue weighted by molar-refractivity contribution is 0.624. The van der Waals surface area contributed by atoms with Gasteiger partial charge in [0.2, 0.25) is 0 Å². The highest BCUT2D eigenvalue weighted by Gasteiger charge is 2.38. The Kier molecular flexibility index (Phi) is 14.5. The average molecular weight is 1200 g/mol. The molecule has 88 heavy (non-hydrogen) atoms. The molecule has 15 rings (SSSR count). The van der Waals surface area contributed by atoms with Crippen LogP contribution < -0.4 is 0 Å². The fourth-order valence-electron chi connectivity index (χ4n) is 15.4. The molecule has 438 valence electrons. The van der Waals surface area contributed by atoms with Gasteiger partial charge in [-0.15, -0.1) is 0 Å². The number of hydrogen-bond acceptors (Lipinski definition) is 0. The van der Waals surface area contributed by atoms with Crippen LogP contribution in [0.25, 0.3) is 72.9 Å². The summed E-state index contributed by atoms with van der Waals surface area (Å²) in [6, 6.07) is 57.5. The average Bonchev–Trinajstić information content (AvgIpc) is 1.54. The van der Waals surface area contributed by atoms with Crippen molar-refractivity contribution in [2.45, 2.75) is 122 Å². The Morgan fingerprint density at radius 2 is 0.409 bits per heavy atom. The maximum Gasteiger partial charge on any atom is 0.0412 e. The smallest absolute Gasteiger partial charge is 0.0412 e. The van der Waals surface area contributed by atoms with Crippen LogP contribution in [0, 0.1) is 6.92 Å². The summed E-state index contributed by atoms with van der Waals surface area (Å²) in [6.45, 7) is 30.1. The summed E-state index contributed by atoms with van der Waals surface area (Å²) in [5, 5.41) is 2.34. The van der Waals surface area contributed by atoms with Gasteiger partial charge >= 0.3 is 0 Å². The first kappa shape index (κ1) is 59.3. The van der Waals surface area contributed by atoms with E-state index in [0.717, 1.165) is 15.1 Å². The maximum absolute atomic E-state index is 6.38. The van der Waals surface area contributed by atoms with E-state index in [1.807, 2.05) is 18.2 Å². The molecule has 6 aliphatic rings. The Bertz CT molecular complexity index is 4290. The predicted molar refractivity (Wildman–Crippen MR) is 384 cm³/mol. The second-order valence-corrected chi connectivity index (χ2v) is 29.6. The minimum Gasteiger partial charge on any atom is -0.0843 e. The van der Waals surface area contributed by atoms with E-state index in [1.165, 1.54) is 139 Å². The summed E-state index contributed by atoms with van der Waals surface area (Å²) in [5.41, 5.74) is 32.4. The van der Waals surface area contributed by atoms with Crippen molar-refractivity contribution < 1.29 is 0 Å². The van der Waals surface area contributed by atoms with Gasteiger partial charge in [-0.2, -0.15) is 0 Å². The van der Waals surface area contributed by atoms with E-state index in [1.54, 1.807) is 0 Å². The lowest BCUT2D eigenvalue weighted by Crippen LogP contribution is -2.24. The normalized spacial score (nSPS) is 17.4. The van der Waals surface area contributed by atoms with Gasteiger partial charge in [-0.05, 0) is 213 Å². The Labute approximate surface area is 538 Å². The maximum atomic E-state index is 6.38. The van der Waals surface area contributed by atoms with E-state index < -0.39 is 0 Å². The first-order valence-electron chi connectivity index (χ1n) is 31.1. The highest BCUT2D eigenvalue weighted by atomic mass is 35.5. The van der Waals surface area contributed by atoms with Crippen LogP contribution >= 0.6 is 34.8 Å². The summed E-state index contributed by atoms with van der Waals surface area (Å²) in [7, 11) is 0. The second kappa shape index (κ2) is 21.5. The van der Waals surface area contributed by atoms with E-state index in [2.05, 4.69) is 302 Å². The Morgan fingerprint density at radius 1 is 0.193 bits per heavy atom. The molecule has 0 nitrogen and oxygen atoms in total. The van der Waals surface area contributed by atoms with Gasteiger partial charge in [-0.3, -0.25) is 0 Å². The third-order valence-corrected chi connectivity index (χ3v) is 21.3. The van der Waals surface area contributed by atoms with E-state index in [4.69, 9.17) is 34.8 Å². The van der Waals surface area contributed by atoms with Gasteiger partial charge in [0.05, 0.1) is 0 Å². The Balaban J connectivity index is 0.000000122. The van der Waals surface area contributed by atoms with Crippen LogP contribution in [0.1, 0.15) is 222 Å². The summed E-state index contributed by atoms with van der Waals surface area (Å²) < 4.78 is 0. The Hall–Kier alpha value is -7.71. The Morgan fingerprint density at radius 3 is 0.750 bits per heavy atom. The first-order chi connectivity index (χ1) is 41.7. The number of halogens is 3. The number of rotatable bonds is 0. The van der Waals surface area contributed by atoms with Gasteiger partial charge in [0.25, 0.3) is 0 Å². The number of aryl methyl sites for hydroxylation is 1. The van der Waals surface area contributed by atoms with Gasteiger partial charge in [0.15, 0.2) is 0 Å². The molecular formula is C85H77Cl3. The summed E-state index contributed by atoms with van der Waals surface area (Å²) >= 11 is 19.0. The van der Waals surface area contributed by atoms with Crippen molar-refractivity contribution in [2.24, 2.45) is 0 Å². The number of fused-ring (bicyclic) bond motifs is 12. The zero-order chi connectivity index (χ0) is 62.0. The lowest BCUT2D eigenvalue weighted by atomic mass is 9.71. The van der Waals surface area contributed by atoms with Crippen LogP contribution in [0.5, 0.6) is 0 Å². The van der Waals surface area contributed by atoms with Crippen molar-refractivity contribution in [3.05, 3.63) is 312 Å². The summed E-state index contributed by atoms with van der Waals surface area (Å²) in [6.07, 6.45) is 27.2. The largest absolute Gasteiger partial charge is 0.0843 e. The number of benzene rings is 9. The van der Waals surface area contributed by atoms with Crippen LogP contribution in [0.2, 0.25) is 15.1 Å². The zero-order valence-electron chi connectivity index (χ0n) is 53.1. The van der Waals surface area contributed by atoms with Crippen LogP contribution in [-0.4, -0.2) is 0 Å². The molecule has 0 N–H and O–H groups in total. The van der Waals surface area contributed by atoms with Crippen LogP contribution in [-0.2, 0) is 32.5 Å². The molecule has 9 aromatic rings. The van der Waals surface area contributed by atoms with Crippen LogP contribution in [0.4, 0.5) is 0 Å². The minimum atomic E-state index is -0.158. The molecule has 6 aliphatic carbocycles. The topological polar surface area (TPSA) is 0 Å². The fourth-order valence-corrected chi connectivity index (χ4v) is 15.9. The van der Waals surface area contributed by atoms with Crippen LogP contribution in [0.15, 0.2) is 158 Å². The van der Waals surface area contributed by atoms with E-state index in [9.17, 15) is 0 Å². The molecule has 0 heterocycles. The monoisotopic (exact) mass is 1200 g/mol. The molecule has 0 radical (unpaired) electrons. The van der Waals surface area contributed by atoms with Crippen molar-refractivity contribution in [2.75, 3.05) is 0 Å². The highest BCUT2D eigenvalue weighted by molar-refractivity contribution is 6.31. The molecule has 0 bridgehead atoms. The molecule has 0 amide bonds. The lowest BCUT2D eigenvalue weighted by Gasteiger charge is -2.32. The zero-order valence-corrected chi connectivity index (χ0v) is 55.3. The third kappa shape index (κ3) is 10.00. The van der Waals surface area contributed by atoms with Gasteiger partial charge in [-0.25, -0.2) is 0 Å². The van der Waals surface area contributed by atoms with Crippen molar-refractivity contribution in [3.63, 3.8) is 0 Å². The van der Waals surface area contributed by atoms with Crippen molar-refractivity contribution >= 4 is 108 Å². The molecule has 0 unspecified atom stereocenters.